The molecule has 0 fully saturated rings. The minimum Gasteiger partial charge on any atom is -0.262 e. The van der Waals surface area contributed by atoms with E-state index in [1.54, 1.807) is 0 Å². The Morgan fingerprint density at radius 1 is 1.53 bits per heavy atom. The molecule has 2 aromatic rings. The summed E-state index contributed by atoms with van der Waals surface area (Å²) in [6, 6.07) is 2.07. The van der Waals surface area contributed by atoms with Crippen LogP contribution in [0.2, 0.25) is 0 Å². The van der Waals surface area contributed by atoms with Crippen molar-refractivity contribution in [1.29, 1.82) is 0 Å². The maximum atomic E-state index is 5.02. The Labute approximate surface area is 97.0 Å². The van der Waals surface area contributed by atoms with E-state index in [1.165, 1.54) is 11.3 Å². The quantitative estimate of drug-likeness (QED) is 0.839. The fourth-order valence-electron chi connectivity index (χ4n) is 1.40. The van der Waals surface area contributed by atoms with Crippen LogP contribution in [0.15, 0.2) is 6.07 Å². The van der Waals surface area contributed by atoms with E-state index in [-0.39, 0.29) is 0 Å². The van der Waals surface area contributed by atoms with Gasteiger partial charge in [0.2, 0.25) is 0 Å². The van der Waals surface area contributed by atoms with Crippen LogP contribution in [0, 0.1) is 3.95 Å². The number of hydrogen-bond acceptors (Lipinski definition) is 4. The number of nitrogens with zero attached hydrogens (tertiary/aromatic N) is 3. The molecule has 0 spiro atoms. The minimum atomic E-state index is 0.701. The third-order valence-electron chi connectivity index (χ3n) is 2.15. The average Bonchev–Trinajstić information content (AvgIpc) is 2.82. The average molecular weight is 240 g/mol. The predicted octanol–water partition coefficient (Wildman–Crippen LogP) is 2.65. The molecule has 0 saturated carbocycles. The summed E-state index contributed by atoms with van der Waals surface area (Å²) in [6.07, 6.45) is 0.940. The third kappa shape index (κ3) is 2.00. The van der Waals surface area contributed by atoms with Gasteiger partial charge in [-0.05, 0) is 31.6 Å². The highest BCUT2D eigenvalue weighted by molar-refractivity contribution is 7.73. The topological polar surface area (TPSA) is 46.5 Å². The first-order valence-electron chi connectivity index (χ1n) is 4.87. The van der Waals surface area contributed by atoms with Gasteiger partial charge in [0.05, 0.1) is 11.4 Å². The maximum absolute atomic E-state index is 5.02. The Morgan fingerprint density at radius 3 is 2.87 bits per heavy atom. The van der Waals surface area contributed by atoms with Crippen molar-refractivity contribution in [2.24, 2.45) is 0 Å². The summed E-state index contributed by atoms with van der Waals surface area (Å²) in [5, 5.41) is 12.3. The molecule has 0 aromatic carbocycles. The number of hydrogen-bond donors (Lipinski definition) is 1. The van der Waals surface area contributed by atoms with Crippen molar-refractivity contribution in [3.8, 4) is 10.7 Å². The van der Waals surface area contributed by atoms with Crippen molar-refractivity contribution in [3.63, 3.8) is 0 Å². The standard InChI is InChI=1S/C9H12N4S2/c1-3-6-5-7(13(4-2)12-6)8-10-11-9(14)15-8/h5H,3-4H2,1-2H3,(H,11,14). The highest BCUT2D eigenvalue weighted by Crippen LogP contribution is 2.22. The van der Waals surface area contributed by atoms with Crippen molar-refractivity contribution >= 4 is 23.6 Å². The van der Waals surface area contributed by atoms with Gasteiger partial charge in [-0.1, -0.05) is 18.3 Å². The lowest BCUT2D eigenvalue weighted by Gasteiger charge is -1.98. The van der Waals surface area contributed by atoms with Crippen molar-refractivity contribution < 1.29 is 0 Å². The highest BCUT2D eigenvalue weighted by Gasteiger charge is 2.10. The van der Waals surface area contributed by atoms with E-state index in [1.807, 2.05) is 4.68 Å². The Balaban J connectivity index is 2.51. The SMILES string of the molecule is CCc1cc(-c2n[nH]c(=S)s2)n(CC)n1. The normalized spacial score (nSPS) is 10.8. The maximum Gasteiger partial charge on any atom is 0.176 e. The second-order valence-electron chi connectivity index (χ2n) is 3.11. The molecular formula is C9H12N4S2. The molecule has 0 aliphatic carbocycles. The highest BCUT2D eigenvalue weighted by atomic mass is 32.1. The van der Waals surface area contributed by atoms with Gasteiger partial charge in [-0.2, -0.15) is 10.2 Å². The number of aromatic nitrogens is 4. The van der Waals surface area contributed by atoms with Crippen LogP contribution >= 0.6 is 23.6 Å². The van der Waals surface area contributed by atoms with Crippen molar-refractivity contribution in [2.75, 3.05) is 0 Å². The summed E-state index contributed by atoms with van der Waals surface area (Å²) in [5.74, 6) is 0. The van der Waals surface area contributed by atoms with Crippen LogP contribution in [0.4, 0.5) is 0 Å². The summed E-state index contributed by atoms with van der Waals surface area (Å²) in [6.45, 7) is 5.02. The molecule has 2 heterocycles. The van der Waals surface area contributed by atoms with Crippen molar-refractivity contribution in [1.82, 2.24) is 20.0 Å². The monoisotopic (exact) mass is 240 g/mol. The van der Waals surface area contributed by atoms with Gasteiger partial charge >= 0.3 is 0 Å². The van der Waals surface area contributed by atoms with E-state index in [4.69, 9.17) is 12.2 Å². The van der Waals surface area contributed by atoms with E-state index < -0.39 is 0 Å². The number of aromatic amines is 1. The van der Waals surface area contributed by atoms with Crippen LogP contribution in [0.25, 0.3) is 10.7 Å². The second kappa shape index (κ2) is 4.24. The molecule has 80 valence electrons. The molecule has 0 radical (unpaired) electrons. The Morgan fingerprint density at radius 2 is 2.33 bits per heavy atom. The lowest BCUT2D eigenvalue weighted by molar-refractivity contribution is 0.654. The number of nitrogens with one attached hydrogen (secondary N) is 1. The Hall–Kier alpha value is -1.01. The molecule has 0 saturated heterocycles. The fourth-order valence-corrected chi connectivity index (χ4v) is 2.31. The van der Waals surface area contributed by atoms with E-state index in [0.717, 1.165) is 29.4 Å². The van der Waals surface area contributed by atoms with E-state index in [9.17, 15) is 0 Å². The van der Waals surface area contributed by atoms with Crippen LogP contribution in [-0.4, -0.2) is 20.0 Å². The van der Waals surface area contributed by atoms with Crippen molar-refractivity contribution in [2.45, 2.75) is 26.8 Å². The van der Waals surface area contributed by atoms with E-state index in [0.29, 0.717) is 3.95 Å². The van der Waals surface area contributed by atoms with E-state index in [2.05, 4.69) is 35.2 Å². The van der Waals surface area contributed by atoms with Crippen LogP contribution < -0.4 is 0 Å². The lowest BCUT2D eigenvalue weighted by atomic mass is 10.3. The fraction of sp³-hybridized carbons (Fsp3) is 0.444. The molecule has 4 nitrogen and oxygen atoms in total. The van der Waals surface area contributed by atoms with Gasteiger partial charge in [0.1, 0.15) is 0 Å². The molecular weight excluding hydrogens is 228 g/mol. The van der Waals surface area contributed by atoms with Gasteiger partial charge in [0.15, 0.2) is 8.96 Å². The summed E-state index contributed by atoms with van der Waals surface area (Å²) in [4.78, 5) is 0. The minimum absolute atomic E-state index is 0.701. The van der Waals surface area contributed by atoms with Gasteiger partial charge < -0.3 is 0 Å². The zero-order chi connectivity index (χ0) is 10.8. The number of H-pyrrole nitrogens is 1. The summed E-state index contributed by atoms with van der Waals surface area (Å²) in [5.41, 5.74) is 2.14. The zero-order valence-electron chi connectivity index (χ0n) is 8.65. The van der Waals surface area contributed by atoms with Crippen LogP contribution in [0.5, 0.6) is 0 Å². The first-order valence-corrected chi connectivity index (χ1v) is 6.09. The summed E-state index contributed by atoms with van der Waals surface area (Å²) < 4.78 is 2.66. The van der Waals surface area contributed by atoms with Gasteiger partial charge in [0, 0.05) is 6.54 Å². The molecule has 1 N–H and O–H groups in total. The first kappa shape index (κ1) is 10.5. The van der Waals surface area contributed by atoms with Gasteiger partial charge in [-0.25, -0.2) is 0 Å². The first-order chi connectivity index (χ1) is 7.24. The molecule has 6 heteroatoms. The molecule has 15 heavy (non-hydrogen) atoms. The van der Waals surface area contributed by atoms with Crippen LogP contribution in [-0.2, 0) is 13.0 Å². The summed E-state index contributed by atoms with van der Waals surface area (Å²) in [7, 11) is 0. The smallest absolute Gasteiger partial charge is 0.176 e. The molecule has 0 amide bonds. The Bertz CT molecular complexity index is 508. The van der Waals surface area contributed by atoms with Gasteiger partial charge in [0.25, 0.3) is 0 Å². The Kier molecular flexibility index (Phi) is 2.97. The van der Waals surface area contributed by atoms with Crippen LogP contribution in [0.1, 0.15) is 19.5 Å². The zero-order valence-corrected chi connectivity index (χ0v) is 10.3. The number of aryl methyl sites for hydroxylation is 2. The molecule has 0 unspecified atom stereocenters. The van der Waals surface area contributed by atoms with Gasteiger partial charge in [-0.3, -0.25) is 9.78 Å². The largest absolute Gasteiger partial charge is 0.262 e. The molecule has 0 bridgehead atoms. The molecule has 0 aliphatic heterocycles. The molecule has 0 aliphatic rings. The van der Waals surface area contributed by atoms with Crippen LogP contribution in [0.3, 0.4) is 0 Å². The second-order valence-corrected chi connectivity index (χ2v) is 4.77. The van der Waals surface area contributed by atoms with Crippen molar-refractivity contribution in [3.05, 3.63) is 15.7 Å². The third-order valence-corrected chi connectivity index (χ3v) is 3.26. The number of rotatable bonds is 3. The van der Waals surface area contributed by atoms with Gasteiger partial charge in [-0.15, -0.1) is 0 Å². The predicted molar refractivity (Wildman–Crippen MR) is 63.6 cm³/mol. The molecule has 2 rings (SSSR count). The summed E-state index contributed by atoms with van der Waals surface area (Å²) >= 11 is 6.50. The molecule has 0 atom stereocenters. The lowest BCUT2D eigenvalue weighted by Crippen LogP contribution is -1.99. The van der Waals surface area contributed by atoms with E-state index >= 15 is 0 Å². The molecule has 2 aromatic heterocycles.